The van der Waals surface area contributed by atoms with Crippen LogP contribution < -0.4 is 0 Å². The first-order valence-corrected chi connectivity index (χ1v) is 7.98. The molecule has 0 aliphatic carbocycles. The molecule has 0 spiro atoms. The van der Waals surface area contributed by atoms with Crippen LogP contribution in [-0.2, 0) is 6.54 Å². The van der Waals surface area contributed by atoms with E-state index in [4.69, 9.17) is 0 Å². The summed E-state index contributed by atoms with van der Waals surface area (Å²) in [6.07, 6.45) is 3.41. The highest BCUT2D eigenvalue weighted by molar-refractivity contribution is 5.88. The Balaban J connectivity index is 1.78. The van der Waals surface area contributed by atoms with Crippen molar-refractivity contribution < 1.29 is 0 Å². The molecule has 2 nitrogen and oxygen atoms in total. The fourth-order valence-electron chi connectivity index (χ4n) is 4.27. The third-order valence-corrected chi connectivity index (χ3v) is 5.24. The Kier molecular flexibility index (Phi) is 2.34. The first kappa shape index (κ1) is 12.1. The number of nitrogens with zero attached hydrogens (tertiary/aromatic N) is 1. The fraction of sp³-hybridized carbons (Fsp3) is 0.200. The van der Waals surface area contributed by atoms with Gasteiger partial charge in [-0.15, -0.1) is 0 Å². The summed E-state index contributed by atoms with van der Waals surface area (Å²) in [5.74, 6) is 0.503. The molecule has 1 atom stereocenters. The van der Waals surface area contributed by atoms with E-state index < -0.39 is 0 Å². The highest BCUT2D eigenvalue weighted by atomic mass is 15.0. The molecule has 2 heteroatoms. The predicted octanol–water partition coefficient (Wildman–Crippen LogP) is 4.97. The Morgan fingerprint density at radius 3 is 2.68 bits per heavy atom. The van der Waals surface area contributed by atoms with Crippen molar-refractivity contribution in [2.45, 2.75) is 25.8 Å². The molecule has 0 bridgehead atoms. The van der Waals surface area contributed by atoms with Gasteiger partial charge in [-0.2, -0.15) is 0 Å². The number of hydrogen-bond acceptors (Lipinski definition) is 0. The molecule has 1 aliphatic rings. The molecule has 2 aromatic carbocycles. The summed E-state index contributed by atoms with van der Waals surface area (Å²) in [6, 6.07) is 17.4. The molecular weight excluding hydrogens is 268 g/mol. The van der Waals surface area contributed by atoms with Crippen molar-refractivity contribution in [1.82, 2.24) is 9.55 Å². The molecule has 0 saturated heterocycles. The van der Waals surface area contributed by atoms with E-state index in [1.807, 2.05) is 0 Å². The molecule has 0 saturated carbocycles. The highest BCUT2D eigenvalue weighted by Crippen LogP contribution is 2.43. The van der Waals surface area contributed by atoms with E-state index in [-0.39, 0.29) is 0 Å². The quantitative estimate of drug-likeness (QED) is 0.510. The van der Waals surface area contributed by atoms with Gasteiger partial charge in [0.25, 0.3) is 0 Å². The average molecular weight is 286 g/mol. The van der Waals surface area contributed by atoms with Crippen molar-refractivity contribution in [3.05, 3.63) is 71.5 Å². The number of para-hydroxylation sites is 2. The van der Waals surface area contributed by atoms with Gasteiger partial charge < -0.3 is 9.55 Å². The van der Waals surface area contributed by atoms with Gasteiger partial charge in [-0.3, -0.25) is 0 Å². The second-order valence-electron chi connectivity index (χ2n) is 6.31. The lowest BCUT2D eigenvalue weighted by Gasteiger charge is -2.10. The smallest absolute Gasteiger partial charge is 0.0485 e. The van der Waals surface area contributed by atoms with Gasteiger partial charge in [0.1, 0.15) is 0 Å². The van der Waals surface area contributed by atoms with Gasteiger partial charge in [0.2, 0.25) is 0 Å². The van der Waals surface area contributed by atoms with Gasteiger partial charge in [0.15, 0.2) is 0 Å². The zero-order chi connectivity index (χ0) is 14.7. The maximum absolute atomic E-state index is 3.44. The number of benzene rings is 2. The van der Waals surface area contributed by atoms with E-state index in [1.165, 1.54) is 45.0 Å². The second-order valence-corrected chi connectivity index (χ2v) is 6.31. The first-order valence-electron chi connectivity index (χ1n) is 7.98. The van der Waals surface area contributed by atoms with E-state index in [0.717, 1.165) is 6.54 Å². The monoisotopic (exact) mass is 286 g/mol. The van der Waals surface area contributed by atoms with Crippen LogP contribution in [0.5, 0.6) is 0 Å². The summed E-state index contributed by atoms with van der Waals surface area (Å²) in [4.78, 5) is 3.44. The molecule has 2 aromatic heterocycles. The van der Waals surface area contributed by atoms with Crippen molar-refractivity contribution in [3.63, 3.8) is 0 Å². The van der Waals surface area contributed by atoms with Gasteiger partial charge in [-0.05, 0) is 36.6 Å². The number of hydrogen-bond donors (Lipinski definition) is 1. The van der Waals surface area contributed by atoms with Crippen LogP contribution in [0.15, 0.2) is 54.7 Å². The lowest BCUT2D eigenvalue weighted by Crippen LogP contribution is -1.97. The summed E-state index contributed by atoms with van der Waals surface area (Å²) in [6.45, 7) is 3.40. The molecule has 1 N–H and O–H groups in total. The lowest BCUT2D eigenvalue weighted by molar-refractivity contribution is 0.738. The summed E-state index contributed by atoms with van der Waals surface area (Å²) in [5, 5.41) is 2.77. The molecule has 1 aliphatic heterocycles. The fourth-order valence-corrected chi connectivity index (χ4v) is 4.27. The highest BCUT2D eigenvalue weighted by Gasteiger charge is 2.30. The summed E-state index contributed by atoms with van der Waals surface area (Å²) in [7, 11) is 0. The number of rotatable bonds is 1. The maximum Gasteiger partial charge on any atom is 0.0485 e. The summed E-state index contributed by atoms with van der Waals surface area (Å²) < 4.78 is 2.52. The number of aryl methyl sites for hydroxylation is 2. The van der Waals surface area contributed by atoms with Crippen molar-refractivity contribution in [2.24, 2.45) is 0 Å². The van der Waals surface area contributed by atoms with Gasteiger partial charge in [0, 0.05) is 46.2 Å². The van der Waals surface area contributed by atoms with E-state index in [2.05, 4.69) is 71.2 Å². The number of aromatic amines is 1. The van der Waals surface area contributed by atoms with Crippen molar-refractivity contribution in [1.29, 1.82) is 0 Å². The minimum Gasteiger partial charge on any atom is -0.361 e. The van der Waals surface area contributed by atoms with Crippen molar-refractivity contribution >= 4 is 21.8 Å². The summed E-state index contributed by atoms with van der Waals surface area (Å²) >= 11 is 0. The molecule has 0 amide bonds. The van der Waals surface area contributed by atoms with Gasteiger partial charge in [-0.1, -0.05) is 36.4 Å². The van der Waals surface area contributed by atoms with Crippen LogP contribution in [0.3, 0.4) is 0 Å². The van der Waals surface area contributed by atoms with E-state index >= 15 is 0 Å². The van der Waals surface area contributed by atoms with E-state index in [1.54, 1.807) is 0 Å². The largest absolute Gasteiger partial charge is 0.361 e. The Morgan fingerprint density at radius 1 is 1.00 bits per heavy atom. The number of nitrogens with one attached hydrogen (secondary N) is 1. The Bertz CT molecular complexity index is 1000. The van der Waals surface area contributed by atoms with Crippen LogP contribution in [0.2, 0.25) is 0 Å². The molecular formula is C20H18N2. The zero-order valence-corrected chi connectivity index (χ0v) is 12.6. The minimum atomic E-state index is 0.503. The molecule has 108 valence electrons. The molecule has 0 fully saturated rings. The third kappa shape index (κ3) is 1.45. The van der Waals surface area contributed by atoms with Gasteiger partial charge in [-0.25, -0.2) is 0 Å². The van der Waals surface area contributed by atoms with Crippen LogP contribution in [-0.4, -0.2) is 9.55 Å². The molecule has 22 heavy (non-hydrogen) atoms. The van der Waals surface area contributed by atoms with Crippen LogP contribution in [0.1, 0.15) is 29.2 Å². The van der Waals surface area contributed by atoms with Crippen LogP contribution >= 0.6 is 0 Å². The molecule has 0 radical (unpaired) electrons. The van der Waals surface area contributed by atoms with Gasteiger partial charge in [0.05, 0.1) is 0 Å². The predicted molar refractivity (Wildman–Crippen MR) is 91.4 cm³/mol. The third-order valence-electron chi connectivity index (χ3n) is 5.24. The standard InChI is InChI=1S/C20H18N2/c1-13-14-6-3-5-9-19(14)22-11-10-16(20(13)22)17-12-21-18-8-4-2-7-15(17)18/h2-9,12,16,21H,10-11H2,1H3. The van der Waals surface area contributed by atoms with Crippen LogP contribution in [0, 0.1) is 6.92 Å². The Hall–Kier alpha value is -2.48. The van der Waals surface area contributed by atoms with Crippen LogP contribution in [0.4, 0.5) is 0 Å². The molecule has 5 rings (SSSR count). The number of H-pyrrole nitrogens is 1. The van der Waals surface area contributed by atoms with Crippen molar-refractivity contribution in [2.75, 3.05) is 0 Å². The number of aromatic nitrogens is 2. The van der Waals surface area contributed by atoms with E-state index in [9.17, 15) is 0 Å². The average Bonchev–Trinajstić information content (AvgIpc) is 3.23. The minimum absolute atomic E-state index is 0.503. The number of fused-ring (bicyclic) bond motifs is 4. The van der Waals surface area contributed by atoms with Crippen LogP contribution in [0.25, 0.3) is 21.8 Å². The molecule has 1 unspecified atom stereocenters. The van der Waals surface area contributed by atoms with Gasteiger partial charge >= 0.3 is 0 Å². The lowest BCUT2D eigenvalue weighted by atomic mass is 9.92. The zero-order valence-electron chi connectivity index (χ0n) is 12.6. The first-order chi connectivity index (χ1) is 10.8. The normalized spacial score (nSPS) is 17.4. The van der Waals surface area contributed by atoms with E-state index in [0.29, 0.717) is 5.92 Å². The maximum atomic E-state index is 3.44. The van der Waals surface area contributed by atoms with Crippen molar-refractivity contribution in [3.8, 4) is 0 Å². The Labute approximate surface area is 129 Å². The second kappa shape index (κ2) is 4.26. The SMILES string of the molecule is Cc1c2n(c3ccccc13)CCC2c1c[nH]c2ccccc12. The topological polar surface area (TPSA) is 20.7 Å². The summed E-state index contributed by atoms with van der Waals surface area (Å²) in [5.41, 5.74) is 7.02. The Morgan fingerprint density at radius 2 is 1.77 bits per heavy atom. The molecule has 4 aromatic rings. The molecule has 3 heterocycles.